The summed E-state index contributed by atoms with van der Waals surface area (Å²) in [5, 5.41) is 4.37. The molecule has 2 rings (SSSR count). The highest BCUT2D eigenvalue weighted by molar-refractivity contribution is 9.10. The molecule has 0 amide bonds. The highest BCUT2D eigenvalue weighted by atomic mass is 79.9. The van der Waals surface area contributed by atoms with E-state index in [1.165, 1.54) is 11.3 Å². The average molecular weight is 295 g/mol. The number of nitrogen functional groups attached to an aromatic ring is 1. The van der Waals surface area contributed by atoms with Crippen LogP contribution in [-0.2, 0) is 19.9 Å². The Morgan fingerprint density at radius 1 is 1.41 bits per heavy atom. The van der Waals surface area contributed by atoms with Gasteiger partial charge < -0.3 is 5.73 Å². The number of halogens is 1. The lowest BCUT2D eigenvalue weighted by Gasteiger charge is -2.04. The van der Waals surface area contributed by atoms with Crippen molar-refractivity contribution >= 4 is 21.7 Å². The van der Waals surface area contributed by atoms with Crippen LogP contribution in [0.15, 0.2) is 22.8 Å². The summed E-state index contributed by atoms with van der Waals surface area (Å²) < 4.78 is 3.02. The van der Waals surface area contributed by atoms with Crippen LogP contribution in [0.1, 0.15) is 17.0 Å². The van der Waals surface area contributed by atoms with Crippen molar-refractivity contribution < 1.29 is 0 Å². The number of aromatic nitrogens is 3. The number of hydrogen-bond acceptors (Lipinski definition) is 3. The molecule has 0 saturated heterocycles. The van der Waals surface area contributed by atoms with E-state index >= 15 is 0 Å². The molecule has 2 N–H and O–H groups in total. The fourth-order valence-electron chi connectivity index (χ4n) is 1.86. The van der Waals surface area contributed by atoms with Gasteiger partial charge in [0.1, 0.15) is 5.82 Å². The number of pyridine rings is 1. The smallest absolute Gasteiger partial charge is 0.123 e. The topological polar surface area (TPSA) is 56.7 Å². The van der Waals surface area contributed by atoms with Crippen molar-refractivity contribution in [3.63, 3.8) is 0 Å². The van der Waals surface area contributed by atoms with E-state index < -0.39 is 0 Å². The molecular weight excluding hydrogens is 280 g/mol. The van der Waals surface area contributed by atoms with Gasteiger partial charge in [0.15, 0.2) is 0 Å². The number of anilines is 1. The first kappa shape index (κ1) is 12.1. The molecule has 0 atom stereocenters. The Bertz CT molecular complexity index is 533. The molecule has 0 fully saturated rings. The van der Waals surface area contributed by atoms with Crippen LogP contribution in [0.25, 0.3) is 0 Å². The van der Waals surface area contributed by atoms with Gasteiger partial charge in [0.2, 0.25) is 0 Å². The third-order valence-corrected chi connectivity index (χ3v) is 3.79. The Labute approximate surface area is 109 Å². The Morgan fingerprint density at radius 2 is 2.18 bits per heavy atom. The van der Waals surface area contributed by atoms with Crippen molar-refractivity contribution in [2.45, 2.75) is 19.8 Å². The number of nitrogens with two attached hydrogens (primary N) is 1. The summed E-state index contributed by atoms with van der Waals surface area (Å²) >= 11 is 3.57. The quantitative estimate of drug-likeness (QED) is 0.945. The van der Waals surface area contributed by atoms with E-state index in [0.29, 0.717) is 5.82 Å². The van der Waals surface area contributed by atoms with Gasteiger partial charge in [-0.2, -0.15) is 5.10 Å². The highest BCUT2D eigenvalue weighted by Gasteiger charge is 2.10. The van der Waals surface area contributed by atoms with E-state index in [9.17, 15) is 0 Å². The minimum Gasteiger partial charge on any atom is -0.384 e. The molecule has 0 aliphatic rings. The summed E-state index contributed by atoms with van der Waals surface area (Å²) in [6.07, 6.45) is 3.61. The Morgan fingerprint density at radius 3 is 2.76 bits per heavy atom. The molecule has 2 aromatic heterocycles. The van der Waals surface area contributed by atoms with Gasteiger partial charge in [-0.25, -0.2) is 4.98 Å². The van der Waals surface area contributed by atoms with Crippen LogP contribution in [0, 0.1) is 6.92 Å². The van der Waals surface area contributed by atoms with Crippen molar-refractivity contribution in [3.05, 3.63) is 39.8 Å². The SMILES string of the molecule is Cc1nn(C)c(CCc2ccnc(N)c2)c1Br. The second kappa shape index (κ2) is 4.87. The summed E-state index contributed by atoms with van der Waals surface area (Å²) in [5.41, 5.74) is 9.08. The number of rotatable bonds is 3. The fourth-order valence-corrected chi connectivity index (χ4v) is 2.40. The fraction of sp³-hybridized carbons (Fsp3) is 0.333. The molecule has 0 aliphatic heterocycles. The van der Waals surface area contributed by atoms with Crippen molar-refractivity contribution in [1.29, 1.82) is 0 Å². The zero-order chi connectivity index (χ0) is 12.4. The minimum atomic E-state index is 0.572. The van der Waals surface area contributed by atoms with E-state index in [1.54, 1.807) is 6.20 Å². The summed E-state index contributed by atoms with van der Waals surface area (Å²) in [6.45, 7) is 2.00. The normalized spacial score (nSPS) is 10.8. The second-order valence-electron chi connectivity index (χ2n) is 4.06. The summed E-state index contributed by atoms with van der Waals surface area (Å²) in [4.78, 5) is 3.99. The molecule has 17 heavy (non-hydrogen) atoms. The Balaban J connectivity index is 2.12. The highest BCUT2D eigenvalue weighted by Crippen LogP contribution is 2.21. The van der Waals surface area contributed by atoms with Gasteiger partial charge in [-0.3, -0.25) is 4.68 Å². The summed E-state index contributed by atoms with van der Waals surface area (Å²) in [6, 6.07) is 3.91. The largest absolute Gasteiger partial charge is 0.384 e. The maximum absolute atomic E-state index is 5.65. The zero-order valence-corrected chi connectivity index (χ0v) is 11.5. The molecular formula is C12H15BrN4. The Kier molecular flexibility index (Phi) is 3.47. The molecule has 0 radical (unpaired) electrons. The lowest BCUT2D eigenvalue weighted by Crippen LogP contribution is -2.01. The van der Waals surface area contributed by atoms with Crippen LogP contribution in [0.5, 0.6) is 0 Å². The number of hydrogen-bond donors (Lipinski definition) is 1. The molecule has 0 spiro atoms. The van der Waals surface area contributed by atoms with Crippen LogP contribution in [0.2, 0.25) is 0 Å². The maximum Gasteiger partial charge on any atom is 0.123 e. The molecule has 0 saturated carbocycles. The zero-order valence-electron chi connectivity index (χ0n) is 9.94. The molecule has 2 heterocycles. The van der Waals surface area contributed by atoms with E-state index in [-0.39, 0.29) is 0 Å². The molecule has 90 valence electrons. The van der Waals surface area contributed by atoms with Gasteiger partial charge in [0.25, 0.3) is 0 Å². The van der Waals surface area contributed by atoms with E-state index in [4.69, 9.17) is 5.73 Å². The molecule has 4 nitrogen and oxygen atoms in total. The maximum atomic E-state index is 5.65. The number of aryl methyl sites for hydroxylation is 3. The van der Waals surface area contributed by atoms with Crippen LogP contribution in [0.3, 0.4) is 0 Å². The summed E-state index contributed by atoms with van der Waals surface area (Å²) in [5.74, 6) is 0.572. The monoisotopic (exact) mass is 294 g/mol. The Hall–Kier alpha value is -1.36. The van der Waals surface area contributed by atoms with Crippen molar-refractivity contribution in [3.8, 4) is 0 Å². The van der Waals surface area contributed by atoms with Crippen LogP contribution < -0.4 is 5.73 Å². The number of nitrogens with zero attached hydrogens (tertiary/aromatic N) is 3. The van der Waals surface area contributed by atoms with Gasteiger partial charge in [0, 0.05) is 13.2 Å². The first-order valence-corrected chi connectivity index (χ1v) is 6.25. The predicted octanol–water partition coefficient (Wildman–Crippen LogP) is 2.25. The van der Waals surface area contributed by atoms with Gasteiger partial charge in [-0.15, -0.1) is 0 Å². The van der Waals surface area contributed by atoms with Crippen molar-refractivity contribution in [2.24, 2.45) is 7.05 Å². The van der Waals surface area contributed by atoms with Gasteiger partial charge >= 0.3 is 0 Å². The van der Waals surface area contributed by atoms with Crippen molar-refractivity contribution in [2.75, 3.05) is 5.73 Å². The van der Waals surface area contributed by atoms with Gasteiger partial charge in [-0.05, 0) is 53.4 Å². The third-order valence-electron chi connectivity index (χ3n) is 2.76. The molecule has 5 heteroatoms. The van der Waals surface area contributed by atoms with Crippen LogP contribution >= 0.6 is 15.9 Å². The third kappa shape index (κ3) is 2.66. The summed E-state index contributed by atoms with van der Waals surface area (Å²) in [7, 11) is 1.97. The van der Waals surface area contributed by atoms with Crippen molar-refractivity contribution in [1.82, 2.24) is 14.8 Å². The molecule has 0 aliphatic carbocycles. The molecule has 0 unspecified atom stereocenters. The van der Waals surface area contributed by atoms with Gasteiger partial charge in [-0.1, -0.05) is 0 Å². The first-order valence-electron chi connectivity index (χ1n) is 5.46. The lowest BCUT2D eigenvalue weighted by molar-refractivity contribution is 0.696. The average Bonchev–Trinajstić information content (AvgIpc) is 2.51. The van der Waals surface area contributed by atoms with E-state index in [0.717, 1.165) is 23.0 Å². The first-order chi connectivity index (χ1) is 8.08. The standard InChI is InChI=1S/C12H15BrN4/c1-8-12(13)10(17(2)16-8)4-3-9-5-6-15-11(14)7-9/h5-7H,3-4H2,1-2H3,(H2,14,15). The predicted molar refractivity (Wildman–Crippen MR) is 71.7 cm³/mol. The lowest BCUT2D eigenvalue weighted by atomic mass is 10.1. The second-order valence-corrected chi connectivity index (χ2v) is 4.85. The molecule has 2 aromatic rings. The molecule has 0 aromatic carbocycles. The van der Waals surface area contributed by atoms with Gasteiger partial charge in [0.05, 0.1) is 15.9 Å². The minimum absolute atomic E-state index is 0.572. The van der Waals surface area contributed by atoms with E-state index in [2.05, 4.69) is 26.0 Å². The van der Waals surface area contributed by atoms with Crippen LogP contribution in [-0.4, -0.2) is 14.8 Å². The van der Waals surface area contributed by atoms with Crippen LogP contribution in [0.4, 0.5) is 5.82 Å². The molecule has 0 bridgehead atoms. The van der Waals surface area contributed by atoms with E-state index in [1.807, 2.05) is 30.8 Å².